The quantitative estimate of drug-likeness (QED) is 0.850. The summed E-state index contributed by atoms with van der Waals surface area (Å²) in [6.45, 7) is 2.40. The predicted octanol–water partition coefficient (Wildman–Crippen LogP) is 2.11. The van der Waals surface area contributed by atoms with Gasteiger partial charge in [0.1, 0.15) is 0 Å². The first-order chi connectivity index (χ1) is 10.8. The van der Waals surface area contributed by atoms with E-state index in [1.54, 1.807) is 6.20 Å². The Labute approximate surface area is 142 Å². The maximum atomic E-state index is 11.9. The van der Waals surface area contributed by atoms with Gasteiger partial charge in [-0.05, 0) is 36.6 Å². The average Bonchev–Trinajstić information content (AvgIpc) is 3.20. The summed E-state index contributed by atoms with van der Waals surface area (Å²) in [5.74, 6) is 0.125. The Balaban J connectivity index is 0.00000192. The molecule has 1 aliphatic rings. The molecule has 124 valence electrons. The van der Waals surface area contributed by atoms with Gasteiger partial charge in [0.25, 0.3) is 0 Å². The van der Waals surface area contributed by atoms with Crippen LogP contribution < -0.4 is 10.6 Å². The van der Waals surface area contributed by atoms with Gasteiger partial charge in [-0.1, -0.05) is 24.3 Å². The molecule has 1 aromatic carbocycles. The van der Waals surface area contributed by atoms with Crippen LogP contribution >= 0.6 is 12.4 Å². The van der Waals surface area contributed by atoms with Crippen LogP contribution in [-0.4, -0.2) is 28.3 Å². The Morgan fingerprint density at radius 1 is 1.30 bits per heavy atom. The predicted molar refractivity (Wildman–Crippen MR) is 92.5 cm³/mol. The number of nitrogens with one attached hydrogen (secondary N) is 2. The Morgan fingerprint density at radius 3 is 2.74 bits per heavy atom. The zero-order valence-corrected chi connectivity index (χ0v) is 13.9. The van der Waals surface area contributed by atoms with Gasteiger partial charge in [-0.2, -0.15) is 5.10 Å². The molecule has 23 heavy (non-hydrogen) atoms. The molecule has 1 saturated heterocycles. The Kier molecular flexibility index (Phi) is 6.62. The number of benzene rings is 1. The summed E-state index contributed by atoms with van der Waals surface area (Å²) in [4.78, 5) is 11.9. The topological polar surface area (TPSA) is 59.0 Å². The monoisotopic (exact) mass is 334 g/mol. The van der Waals surface area contributed by atoms with Crippen LogP contribution in [0.15, 0.2) is 42.7 Å². The molecule has 0 radical (unpaired) electrons. The lowest BCUT2D eigenvalue weighted by atomic mass is 10.1. The molecule has 1 aromatic heterocycles. The number of hydrogen-bond acceptors (Lipinski definition) is 3. The normalized spacial score (nSPS) is 16.8. The standard InChI is InChI=1S/C17H22N4O.ClH/c22-17(11-16-3-1-8-18-16)19-12-14-4-6-15(7-5-14)13-21-10-2-9-20-21;/h2,4-7,9-10,16,18H,1,3,8,11-13H2,(H,19,22);1H. The summed E-state index contributed by atoms with van der Waals surface area (Å²) >= 11 is 0. The molecule has 2 aromatic rings. The van der Waals surface area contributed by atoms with Crippen molar-refractivity contribution in [3.63, 3.8) is 0 Å². The largest absolute Gasteiger partial charge is 0.352 e. The van der Waals surface area contributed by atoms with Crippen molar-refractivity contribution in [3.8, 4) is 0 Å². The summed E-state index contributed by atoms with van der Waals surface area (Å²) in [6, 6.07) is 10.6. The van der Waals surface area contributed by atoms with Crippen molar-refractivity contribution in [3.05, 3.63) is 53.9 Å². The number of carbonyl (C=O) groups is 1. The Hall–Kier alpha value is -1.85. The highest BCUT2D eigenvalue weighted by Gasteiger charge is 2.17. The second kappa shape index (κ2) is 8.70. The fourth-order valence-electron chi connectivity index (χ4n) is 2.77. The third-order valence-corrected chi connectivity index (χ3v) is 4.01. The molecule has 2 N–H and O–H groups in total. The van der Waals surface area contributed by atoms with E-state index >= 15 is 0 Å². The van der Waals surface area contributed by atoms with E-state index in [1.807, 2.05) is 16.9 Å². The van der Waals surface area contributed by atoms with E-state index in [1.165, 1.54) is 12.0 Å². The smallest absolute Gasteiger partial charge is 0.221 e. The SMILES string of the molecule is Cl.O=C(CC1CCCN1)NCc1ccc(Cn2cccn2)cc1. The zero-order chi connectivity index (χ0) is 15.2. The van der Waals surface area contributed by atoms with Crippen LogP contribution in [0.3, 0.4) is 0 Å². The molecule has 6 heteroatoms. The van der Waals surface area contributed by atoms with Gasteiger partial charge in [0.2, 0.25) is 5.91 Å². The zero-order valence-electron chi connectivity index (χ0n) is 13.1. The molecule has 2 heterocycles. The molecular formula is C17H23ClN4O. The molecule has 1 aliphatic heterocycles. The summed E-state index contributed by atoms with van der Waals surface area (Å²) in [6.07, 6.45) is 6.59. The third-order valence-electron chi connectivity index (χ3n) is 4.01. The van der Waals surface area contributed by atoms with E-state index in [4.69, 9.17) is 0 Å². The van der Waals surface area contributed by atoms with Gasteiger partial charge in [0.05, 0.1) is 6.54 Å². The minimum Gasteiger partial charge on any atom is -0.352 e. The van der Waals surface area contributed by atoms with Crippen molar-refractivity contribution in [2.24, 2.45) is 0 Å². The van der Waals surface area contributed by atoms with Crippen LogP contribution in [0.5, 0.6) is 0 Å². The number of rotatable bonds is 6. The first kappa shape index (κ1) is 17.5. The van der Waals surface area contributed by atoms with Gasteiger partial charge < -0.3 is 10.6 Å². The highest BCUT2D eigenvalue weighted by atomic mass is 35.5. The minimum absolute atomic E-state index is 0. The van der Waals surface area contributed by atoms with E-state index in [0.29, 0.717) is 19.0 Å². The summed E-state index contributed by atoms with van der Waals surface area (Å²) in [7, 11) is 0. The first-order valence-corrected chi connectivity index (χ1v) is 7.85. The van der Waals surface area contributed by atoms with Gasteiger partial charge in [0.15, 0.2) is 0 Å². The molecule has 0 saturated carbocycles. The number of halogens is 1. The van der Waals surface area contributed by atoms with Crippen molar-refractivity contribution in [2.45, 2.75) is 38.4 Å². The lowest BCUT2D eigenvalue weighted by Gasteiger charge is -2.11. The van der Waals surface area contributed by atoms with Crippen LogP contribution in [0.25, 0.3) is 0 Å². The average molecular weight is 335 g/mol. The minimum atomic E-state index is 0. The van der Waals surface area contributed by atoms with Crippen LogP contribution in [0.2, 0.25) is 0 Å². The fraction of sp³-hybridized carbons (Fsp3) is 0.412. The summed E-state index contributed by atoms with van der Waals surface area (Å²) in [5, 5.41) is 10.5. The van der Waals surface area contributed by atoms with Gasteiger partial charge >= 0.3 is 0 Å². The molecule has 1 unspecified atom stereocenters. The van der Waals surface area contributed by atoms with Gasteiger partial charge in [-0.3, -0.25) is 9.48 Å². The van der Waals surface area contributed by atoms with E-state index in [-0.39, 0.29) is 18.3 Å². The van der Waals surface area contributed by atoms with Crippen molar-refractivity contribution in [1.82, 2.24) is 20.4 Å². The van der Waals surface area contributed by atoms with Crippen LogP contribution in [0, 0.1) is 0 Å². The third kappa shape index (κ3) is 5.37. The highest BCUT2D eigenvalue weighted by Crippen LogP contribution is 2.09. The van der Waals surface area contributed by atoms with Crippen LogP contribution in [0.4, 0.5) is 0 Å². The molecule has 1 fully saturated rings. The molecule has 0 spiro atoms. The fourth-order valence-corrected chi connectivity index (χ4v) is 2.77. The van der Waals surface area contributed by atoms with Crippen molar-refractivity contribution < 1.29 is 4.79 Å². The van der Waals surface area contributed by atoms with Gasteiger partial charge in [-0.15, -0.1) is 12.4 Å². The second-order valence-electron chi connectivity index (χ2n) is 5.79. The number of nitrogens with zero attached hydrogens (tertiary/aromatic N) is 2. The Morgan fingerprint density at radius 2 is 2.09 bits per heavy atom. The number of amides is 1. The van der Waals surface area contributed by atoms with E-state index in [0.717, 1.165) is 25.1 Å². The van der Waals surface area contributed by atoms with Crippen LogP contribution in [-0.2, 0) is 17.9 Å². The van der Waals surface area contributed by atoms with Crippen molar-refractivity contribution in [2.75, 3.05) is 6.54 Å². The number of aromatic nitrogens is 2. The van der Waals surface area contributed by atoms with Crippen molar-refractivity contribution >= 4 is 18.3 Å². The Bertz CT molecular complexity index is 592. The van der Waals surface area contributed by atoms with Gasteiger partial charge in [0, 0.05) is 31.4 Å². The molecule has 0 aliphatic carbocycles. The summed E-state index contributed by atoms with van der Waals surface area (Å²) < 4.78 is 1.89. The molecule has 1 atom stereocenters. The highest BCUT2D eigenvalue weighted by molar-refractivity contribution is 5.85. The van der Waals surface area contributed by atoms with E-state index in [9.17, 15) is 4.79 Å². The lowest BCUT2D eigenvalue weighted by Crippen LogP contribution is -2.31. The summed E-state index contributed by atoms with van der Waals surface area (Å²) in [5.41, 5.74) is 2.32. The molecule has 5 nitrogen and oxygen atoms in total. The number of hydrogen-bond donors (Lipinski definition) is 2. The maximum absolute atomic E-state index is 11.9. The molecule has 3 rings (SSSR count). The molecule has 0 bridgehead atoms. The van der Waals surface area contributed by atoms with Crippen LogP contribution in [0.1, 0.15) is 30.4 Å². The van der Waals surface area contributed by atoms with E-state index in [2.05, 4.69) is 40.0 Å². The van der Waals surface area contributed by atoms with Gasteiger partial charge in [-0.25, -0.2) is 0 Å². The van der Waals surface area contributed by atoms with Crippen molar-refractivity contribution in [1.29, 1.82) is 0 Å². The molecule has 1 amide bonds. The lowest BCUT2D eigenvalue weighted by molar-refractivity contribution is -0.121. The molecular weight excluding hydrogens is 312 g/mol. The second-order valence-corrected chi connectivity index (χ2v) is 5.79. The van der Waals surface area contributed by atoms with E-state index < -0.39 is 0 Å². The first-order valence-electron chi connectivity index (χ1n) is 7.85. The maximum Gasteiger partial charge on any atom is 0.221 e. The number of carbonyl (C=O) groups excluding carboxylic acids is 1.